The Hall–Kier alpha value is -0.370. The predicted octanol–water partition coefficient (Wildman–Crippen LogP) is 0.337. The fourth-order valence-corrected chi connectivity index (χ4v) is 3.20. The van der Waals surface area contributed by atoms with Crippen LogP contribution in [0.3, 0.4) is 0 Å². The number of hydrogen-bond acceptors (Lipinski definition) is 4. The molecule has 0 spiro atoms. The van der Waals surface area contributed by atoms with E-state index in [1.165, 1.54) is 0 Å². The third kappa shape index (κ3) is 6.39. The molecule has 0 aliphatic carbocycles. The molecule has 2 N–H and O–H groups in total. The van der Waals surface area contributed by atoms with E-state index in [0.717, 1.165) is 38.6 Å². The van der Waals surface area contributed by atoms with Crippen LogP contribution in [0.25, 0.3) is 0 Å². The van der Waals surface area contributed by atoms with Gasteiger partial charge >= 0.3 is 0 Å². The second-order valence-corrected chi connectivity index (χ2v) is 6.90. The number of rotatable bonds is 6. The van der Waals surface area contributed by atoms with Crippen LogP contribution in [0.1, 0.15) is 33.1 Å². The van der Waals surface area contributed by atoms with Crippen molar-refractivity contribution < 1.29 is 13.2 Å². The molecular formula is C12H26ClN3O3S. The fourth-order valence-electron chi connectivity index (χ4n) is 2.45. The molecule has 1 heterocycles. The molecule has 0 aromatic carbocycles. The number of sulfonamides is 1. The van der Waals surface area contributed by atoms with E-state index in [9.17, 15) is 13.2 Å². The van der Waals surface area contributed by atoms with Crippen molar-refractivity contribution in [3.63, 3.8) is 0 Å². The highest BCUT2D eigenvalue weighted by Crippen LogP contribution is 2.14. The maximum atomic E-state index is 12.4. The minimum absolute atomic E-state index is 0. The number of amides is 1. The molecule has 1 aliphatic rings. The third-order valence-corrected chi connectivity index (χ3v) is 4.04. The first-order chi connectivity index (χ1) is 8.85. The molecule has 1 atom stereocenters. The minimum Gasteiger partial charge on any atom is -0.338 e. The largest absolute Gasteiger partial charge is 0.338 e. The molecule has 1 rings (SSSR count). The molecule has 0 saturated carbocycles. The van der Waals surface area contributed by atoms with Crippen LogP contribution in [0.4, 0.5) is 0 Å². The van der Waals surface area contributed by atoms with Gasteiger partial charge in [0.1, 0.15) is 0 Å². The summed E-state index contributed by atoms with van der Waals surface area (Å²) in [5, 5.41) is 3.27. The summed E-state index contributed by atoms with van der Waals surface area (Å²) in [4.78, 5) is 14.2. The van der Waals surface area contributed by atoms with Gasteiger partial charge in [-0.3, -0.25) is 4.79 Å². The Bertz CT molecular complexity index is 397. The highest BCUT2D eigenvalue weighted by atomic mass is 35.5. The summed E-state index contributed by atoms with van der Waals surface area (Å²) in [6.07, 6.45) is 3.81. The van der Waals surface area contributed by atoms with E-state index in [1.807, 2.05) is 11.8 Å². The second kappa shape index (κ2) is 8.81. The standard InChI is InChI=1S/C12H25N3O3S.ClH/c1-4-9-15(11-5-7-13-8-6-11)12(16)10(2)14-19(3,17)18;/h10-11,13-14H,4-9H2,1-3H3;1H. The van der Waals surface area contributed by atoms with E-state index >= 15 is 0 Å². The van der Waals surface area contributed by atoms with Gasteiger partial charge in [0.25, 0.3) is 0 Å². The molecule has 1 amide bonds. The van der Waals surface area contributed by atoms with Gasteiger partial charge in [-0.1, -0.05) is 6.92 Å². The Balaban J connectivity index is 0.00000361. The summed E-state index contributed by atoms with van der Waals surface area (Å²) < 4.78 is 24.8. The first-order valence-electron chi connectivity index (χ1n) is 6.83. The van der Waals surface area contributed by atoms with Crippen molar-refractivity contribution in [1.29, 1.82) is 0 Å². The Morgan fingerprint density at radius 3 is 2.40 bits per heavy atom. The lowest BCUT2D eigenvalue weighted by Gasteiger charge is -2.36. The monoisotopic (exact) mass is 327 g/mol. The summed E-state index contributed by atoms with van der Waals surface area (Å²) in [6.45, 7) is 6.13. The van der Waals surface area contributed by atoms with E-state index in [4.69, 9.17) is 0 Å². The fraction of sp³-hybridized carbons (Fsp3) is 0.917. The normalized spacial score (nSPS) is 18.1. The van der Waals surface area contributed by atoms with Gasteiger partial charge in [-0.25, -0.2) is 13.1 Å². The molecule has 1 aliphatic heterocycles. The van der Waals surface area contributed by atoms with Crippen molar-refractivity contribution in [2.45, 2.75) is 45.2 Å². The zero-order chi connectivity index (χ0) is 14.5. The lowest BCUT2D eigenvalue weighted by molar-refractivity contribution is -0.135. The first kappa shape index (κ1) is 19.6. The number of nitrogens with one attached hydrogen (secondary N) is 2. The first-order valence-corrected chi connectivity index (χ1v) is 8.72. The summed E-state index contributed by atoms with van der Waals surface area (Å²) in [5.41, 5.74) is 0. The number of carbonyl (C=O) groups excluding carboxylic acids is 1. The second-order valence-electron chi connectivity index (χ2n) is 5.12. The maximum absolute atomic E-state index is 12.4. The van der Waals surface area contributed by atoms with Crippen molar-refractivity contribution >= 4 is 28.3 Å². The number of piperidine rings is 1. The van der Waals surface area contributed by atoms with Crippen molar-refractivity contribution in [3.05, 3.63) is 0 Å². The smallest absolute Gasteiger partial charge is 0.240 e. The van der Waals surface area contributed by atoms with E-state index < -0.39 is 16.1 Å². The Kier molecular flexibility index (Phi) is 8.65. The molecule has 1 fully saturated rings. The number of carbonyl (C=O) groups is 1. The van der Waals surface area contributed by atoms with Gasteiger partial charge in [-0.2, -0.15) is 0 Å². The Morgan fingerprint density at radius 1 is 1.40 bits per heavy atom. The topological polar surface area (TPSA) is 78.5 Å². The van der Waals surface area contributed by atoms with Crippen LogP contribution in [-0.4, -0.2) is 57.2 Å². The SMILES string of the molecule is CCCN(C(=O)C(C)NS(C)(=O)=O)C1CCNCC1.Cl. The molecule has 1 saturated heterocycles. The van der Waals surface area contributed by atoms with E-state index in [2.05, 4.69) is 10.0 Å². The Morgan fingerprint density at radius 2 is 1.95 bits per heavy atom. The van der Waals surface area contributed by atoms with Gasteiger partial charge in [0.2, 0.25) is 15.9 Å². The lowest BCUT2D eigenvalue weighted by atomic mass is 10.0. The predicted molar refractivity (Wildman–Crippen MR) is 82.6 cm³/mol. The van der Waals surface area contributed by atoms with Crippen LogP contribution >= 0.6 is 12.4 Å². The van der Waals surface area contributed by atoms with Crippen molar-refractivity contribution in [2.75, 3.05) is 25.9 Å². The molecule has 20 heavy (non-hydrogen) atoms. The van der Waals surface area contributed by atoms with Crippen molar-refractivity contribution in [2.24, 2.45) is 0 Å². The molecule has 120 valence electrons. The quantitative estimate of drug-likeness (QED) is 0.737. The molecule has 0 bridgehead atoms. The van der Waals surface area contributed by atoms with E-state index in [1.54, 1.807) is 6.92 Å². The lowest BCUT2D eigenvalue weighted by Crippen LogP contribution is -2.53. The van der Waals surface area contributed by atoms with Gasteiger partial charge in [-0.05, 0) is 39.3 Å². The van der Waals surface area contributed by atoms with Crippen LogP contribution < -0.4 is 10.0 Å². The van der Waals surface area contributed by atoms with Gasteiger partial charge in [-0.15, -0.1) is 12.4 Å². The molecule has 0 aromatic rings. The van der Waals surface area contributed by atoms with Crippen LogP contribution in [0.15, 0.2) is 0 Å². The average molecular weight is 328 g/mol. The van der Waals surface area contributed by atoms with Gasteiger partial charge in [0.15, 0.2) is 0 Å². The summed E-state index contributed by atoms with van der Waals surface area (Å²) in [7, 11) is -3.36. The molecule has 6 nitrogen and oxygen atoms in total. The van der Waals surface area contributed by atoms with Gasteiger partial charge in [0.05, 0.1) is 12.3 Å². The van der Waals surface area contributed by atoms with Crippen molar-refractivity contribution in [3.8, 4) is 0 Å². The minimum atomic E-state index is -3.36. The summed E-state index contributed by atoms with van der Waals surface area (Å²) >= 11 is 0. The summed E-state index contributed by atoms with van der Waals surface area (Å²) in [5.74, 6) is -0.126. The molecule has 1 unspecified atom stereocenters. The zero-order valence-corrected chi connectivity index (χ0v) is 14.0. The van der Waals surface area contributed by atoms with Crippen LogP contribution in [0.5, 0.6) is 0 Å². The highest BCUT2D eigenvalue weighted by molar-refractivity contribution is 7.88. The van der Waals surface area contributed by atoms with Gasteiger partial charge < -0.3 is 10.2 Å². The molecule has 0 aromatic heterocycles. The van der Waals surface area contributed by atoms with Crippen LogP contribution in [0, 0.1) is 0 Å². The number of halogens is 1. The maximum Gasteiger partial charge on any atom is 0.240 e. The van der Waals surface area contributed by atoms with Crippen LogP contribution in [0.2, 0.25) is 0 Å². The third-order valence-electron chi connectivity index (χ3n) is 3.26. The molecule has 0 radical (unpaired) electrons. The van der Waals surface area contributed by atoms with Crippen molar-refractivity contribution in [1.82, 2.24) is 14.9 Å². The van der Waals surface area contributed by atoms with E-state index in [0.29, 0.717) is 6.54 Å². The number of nitrogens with zero attached hydrogens (tertiary/aromatic N) is 1. The average Bonchev–Trinajstić information content (AvgIpc) is 2.34. The molecular weight excluding hydrogens is 302 g/mol. The van der Waals surface area contributed by atoms with Gasteiger partial charge in [0, 0.05) is 12.6 Å². The van der Waals surface area contributed by atoms with E-state index in [-0.39, 0.29) is 24.4 Å². The zero-order valence-electron chi connectivity index (χ0n) is 12.4. The summed E-state index contributed by atoms with van der Waals surface area (Å²) in [6, 6.07) is -0.478. The Labute approximate surface area is 128 Å². The number of hydrogen-bond donors (Lipinski definition) is 2. The molecule has 8 heteroatoms. The highest BCUT2D eigenvalue weighted by Gasteiger charge is 2.28. The van der Waals surface area contributed by atoms with Crippen LogP contribution in [-0.2, 0) is 14.8 Å².